The Balaban J connectivity index is 1.65. The Bertz CT molecular complexity index is 1130. The third-order valence-electron chi connectivity index (χ3n) is 8.26. The van der Waals surface area contributed by atoms with Gasteiger partial charge in [-0.15, -0.1) is 0 Å². The van der Waals surface area contributed by atoms with Crippen molar-refractivity contribution < 1.29 is 9.53 Å². The van der Waals surface area contributed by atoms with Crippen molar-refractivity contribution in [2.45, 2.75) is 83.4 Å². The zero-order valence-corrected chi connectivity index (χ0v) is 20.8. The van der Waals surface area contributed by atoms with Gasteiger partial charge in [0.1, 0.15) is 0 Å². The summed E-state index contributed by atoms with van der Waals surface area (Å²) in [6.45, 7) is 6.19. The summed E-state index contributed by atoms with van der Waals surface area (Å²) in [6.07, 6.45) is 10.7. The Kier molecular flexibility index (Phi) is 5.75. The lowest BCUT2D eigenvalue weighted by Gasteiger charge is -2.45. The van der Waals surface area contributed by atoms with E-state index < -0.39 is 5.54 Å². The molecule has 1 aromatic heterocycles. The molecule has 1 amide bonds. The van der Waals surface area contributed by atoms with Crippen LogP contribution in [-0.4, -0.2) is 41.0 Å². The van der Waals surface area contributed by atoms with Crippen LogP contribution < -0.4 is 5.73 Å². The van der Waals surface area contributed by atoms with E-state index in [0.29, 0.717) is 5.96 Å². The lowest BCUT2D eigenvalue weighted by atomic mass is 9.61. The van der Waals surface area contributed by atoms with Crippen molar-refractivity contribution in [2.75, 3.05) is 7.11 Å². The van der Waals surface area contributed by atoms with E-state index in [-0.39, 0.29) is 23.5 Å². The van der Waals surface area contributed by atoms with E-state index in [1.54, 1.807) is 12.0 Å². The molecule has 5 rings (SSSR count). The van der Waals surface area contributed by atoms with Crippen molar-refractivity contribution in [1.29, 1.82) is 0 Å². The lowest BCUT2D eigenvalue weighted by Crippen LogP contribution is -2.53. The number of carbonyl (C=O) groups is 1. The predicted octanol–water partition coefficient (Wildman–Crippen LogP) is 4.59. The molecule has 1 atom stereocenters. The van der Waals surface area contributed by atoms with Crippen LogP contribution in [-0.2, 0) is 27.9 Å². The number of pyridine rings is 1. The minimum Gasteiger partial charge on any atom is -0.381 e. The molecule has 2 N–H and O–H groups in total. The molecule has 1 aromatic carbocycles. The summed E-state index contributed by atoms with van der Waals surface area (Å²) in [5, 5.41) is 0. The minimum atomic E-state index is -0.958. The normalized spacial score (nSPS) is 28.3. The molecule has 0 radical (unpaired) electrons. The Hall–Kier alpha value is -2.73. The van der Waals surface area contributed by atoms with E-state index in [0.717, 1.165) is 61.6 Å². The fourth-order valence-corrected chi connectivity index (χ4v) is 6.59. The van der Waals surface area contributed by atoms with Gasteiger partial charge in [-0.25, -0.2) is 4.99 Å². The maximum atomic E-state index is 14.2. The van der Waals surface area contributed by atoms with Crippen molar-refractivity contribution in [1.82, 2.24) is 9.88 Å². The molecule has 1 unspecified atom stereocenters. The van der Waals surface area contributed by atoms with E-state index in [9.17, 15) is 4.79 Å². The van der Waals surface area contributed by atoms with Crippen LogP contribution in [0.3, 0.4) is 0 Å². The van der Waals surface area contributed by atoms with Crippen molar-refractivity contribution in [3.63, 3.8) is 0 Å². The monoisotopic (exact) mass is 460 g/mol. The summed E-state index contributed by atoms with van der Waals surface area (Å²) in [7, 11) is 1.78. The first-order valence-corrected chi connectivity index (χ1v) is 12.6. The Labute approximate surface area is 202 Å². The molecular formula is C28H36N4O2. The summed E-state index contributed by atoms with van der Waals surface area (Å²) in [6, 6.07) is 8.75. The first-order valence-electron chi connectivity index (χ1n) is 12.6. The van der Waals surface area contributed by atoms with Gasteiger partial charge in [0.2, 0.25) is 0 Å². The molecule has 34 heavy (non-hydrogen) atoms. The smallest absolute Gasteiger partial charge is 0.262 e. The molecule has 3 aliphatic rings. The van der Waals surface area contributed by atoms with Crippen LogP contribution in [0.15, 0.2) is 41.7 Å². The molecule has 2 spiro atoms. The maximum absolute atomic E-state index is 14.2. The Morgan fingerprint density at radius 2 is 1.94 bits per heavy atom. The van der Waals surface area contributed by atoms with Gasteiger partial charge in [-0.1, -0.05) is 25.5 Å². The van der Waals surface area contributed by atoms with Crippen LogP contribution in [0.25, 0.3) is 11.1 Å². The average molecular weight is 461 g/mol. The fourth-order valence-electron chi connectivity index (χ4n) is 6.59. The maximum Gasteiger partial charge on any atom is 0.262 e. The number of fused-ring (bicyclic) bond motifs is 3. The predicted molar refractivity (Wildman–Crippen MR) is 134 cm³/mol. The third kappa shape index (κ3) is 3.29. The number of benzene rings is 1. The van der Waals surface area contributed by atoms with Crippen LogP contribution in [0.2, 0.25) is 0 Å². The average Bonchev–Trinajstić information content (AvgIpc) is 3.25. The fraction of sp³-hybridized carbons (Fsp3) is 0.536. The minimum absolute atomic E-state index is 0.0321. The third-order valence-corrected chi connectivity index (χ3v) is 8.26. The van der Waals surface area contributed by atoms with Crippen LogP contribution >= 0.6 is 0 Å². The lowest BCUT2D eigenvalue weighted by molar-refractivity contribution is -0.139. The standard InChI is InChI=1S/C28H36N4O2/c1-5-6-19-13-22(17-30-16-19)20-7-8-21-15-27(11-9-23(34-4)10-12-27)28(24(21)14-20)25(33)32(18(2)3)26(29)31-28/h7-8,13-14,16-18,23H,5-6,9-12,15H2,1-4H3,(H2,29,31). The Morgan fingerprint density at radius 3 is 2.59 bits per heavy atom. The highest BCUT2D eigenvalue weighted by Gasteiger charge is 2.66. The van der Waals surface area contributed by atoms with E-state index in [2.05, 4.69) is 36.2 Å². The van der Waals surface area contributed by atoms with E-state index >= 15 is 0 Å². The molecule has 1 aliphatic heterocycles. The van der Waals surface area contributed by atoms with E-state index in [1.165, 1.54) is 11.1 Å². The zero-order chi connectivity index (χ0) is 24.1. The van der Waals surface area contributed by atoms with Crippen molar-refractivity contribution in [3.8, 4) is 11.1 Å². The number of methoxy groups -OCH3 is 1. The van der Waals surface area contributed by atoms with E-state index in [4.69, 9.17) is 15.5 Å². The molecule has 2 aromatic rings. The first-order chi connectivity index (χ1) is 16.3. The molecule has 0 saturated heterocycles. The summed E-state index contributed by atoms with van der Waals surface area (Å²) in [5.74, 6) is 0.378. The van der Waals surface area contributed by atoms with Gasteiger partial charge in [0.15, 0.2) is 11.5 Å². The molecule has 1 saturated carbocycles. The van der Waals surface area contributed by atoms with Gasteiger partial charge in [0.05, 0.1) is 6.10 Å². The molecule has 180 valence electrons. The summed E-state index contributed by atoms with van der Waals surface area (Å²) < 4.78 is 5.67. The number of guanidine groups is 1. The highest BCUT2D eigenvalue weighted by atomic mass is 16.5. The number of ether oxygens (including phenoxy) is 1. The van der Waals surface area contributed by atoms with Gasteiger partial charge in [-0.3, -0.25) is 14.7 Å². The van der Waals surface area contributed by atoms with Crippen molar-refractivity contribution in [2.24, 2.45) is 16.1 Å². The quantitative estimate of drug-likeness (QED) is 0.707. The zero-order valence-electron chi connectivity index (χ0n) is 20.8. The molecule has 1 fully saturated rings. The molecule has 6 heteroatoms. The van der Waals surface area contributed by atoms with Crippen LogP contribution in [0.4, 0.5) is 0 Å². The van der Waals surface area contributed by atoms with Gasteiger partial charge < -0.3 is 10.5 Å². The van der Waals surface area contributed by atoms with Gasteiger partial charge in [0.25, 0.3) is 5.91 Å². The number of amides is 1. The molecule has 0 bridgehead atoms. The number of aromatic nitrogens is 1. The van der Waals surface area contributed by atoms with Crippen molar-refractivity contribution >= 4 is 11.9 Å². The van der Waals surface area contributed by atoms with Gasteiger partial charge >= 0.3 is 0 Å². The van der Waals surface area contributed by atoms with Gasteiger partial charge in [-0.2, -0.15) is 0 Å². The van der Waals surface area contributed by atoms with Crippen molar-refractivity contribution in [3.05, 3.63) is 53.3 Å². The molecule has 2 heterocycles. The number of carbonyl (C=O) groups excluding carboxylic acids is 1. The molecular weight excluding hydrogens is 424 g/mol. The number of aryl methyl sites for hydroxylation is 1. The Morgan fingerprint density at radius 1 is 1.18 bits per heavy atom. The topological polar surface area (TPSA) is 80.8 Å². The molecule has 2 aliphatic carbocycles. The largest absolute Gasteiger partial charge is 0.381 e. The second-order valence-corrected chi connectivity index (χ2v) is 10.5. The van der Waals surface area contributed by atoms with Crippen LogP contribution in [0.5, 0.6) is 0 Å². The summed E-state index contributed by atoms with van der Waals surface area (Å²) in [5.41, 5.74) is 10.9. The number of nitrogens with zero attached hydrogens (tertiary/aromatic N) is 3. The van der Waals surface area contributed by atoms with Gasteiger partial charge in [0, 0.05) is 36.5 Å². The highest BCUT2D eigenvalue weighted by molar-refractivity contribution is 6.08. The van der Waals surface area contributed by atoms with Crippen LogP contribution in [0.1, 0.15) is 69.6 Å². The van der Waals surface area contributed by atoms with Gasteiger partial charge in [-0.05, 0) is 86.8 Å². The molecule has 6 nitrogen and oxygen atoms in total. The van der Waals surface area contributed by atoms with E-state index in [1.807, 2.05) is 26.2 Å². The number of aliphatic imine (C=N–C) groups is 1. The second kappa shape index (κ2) is 8.49. The number of nitrogens with two attached hydrogens (primary N) is 1. The number of hydrogen-bond acceptors (Lipinski definition) is 5. The number of rotatable bonds is 5. The number of hydrogen-bond donors (Lipinski definition) is 1. The SMILES string of the molecule is CCCc1cncc(-c2ccc3c(c2)C2(N=C(N)N(C(C)C)C2=O)C2(CCC(OC)CC2)C3)c1. The second-order valence-electron chi connectivity index (χ2n) is 10.5. The van der Waals surface area contributed by atoms with Crippen LogP contribution in [0, 0.1) is 5.41 Å². The summed E-state index contributed by atoms with van der Waals surface area (Å²) in [4.78, 5) is 25.5. The highest BCUT2D eigenvalue weighted by Crippen LogP contribution is 2.62. The first kappa shape index (κ1) is 23.0. The summed E-state index contributed by atoms with van der Waals surface area (Å²) >= 11 is 0.